The summed E-state index contributed by atoms with van der Waals surface area (Å²) < 4.78 is 6.58. The molecule has 132 valence electrons. The number of ether oxygens (including phenoxy) is 1. The predicted molar refractivity (Wildman–Crippen MR) is 106 cm³/mol. The zero-order valence-corrected chi connectivity index (χ0v) is 15.7. The largest absolute Gasteiger partial charge is 0.484 e. The van der Waals surface area contributed by atoms with Gasteiger partial charge in [-0.2, -0.15) is 0 Å². The maximum Gasteiger partial charge on any atom is 0.262 e. The Hall–Kier alpha value is -2.86. The monoisotopic (exact) mass is 412 g/mol. The maximum absolute atomic E-state index is 12.0. The lowest BCUT2D eigenvalue weighted by molar-refractivity contribution is -0.118. The molecule has 5 nitrogen and oxygen atoms in total. The molecule has 0 heterocycles. The molecule has 3 aromatic carbocycles. The van der Waals surface area contributed by atoms with Crippen LogP contribution in [0.2, 0.25) is 0 Å². The summed E-state index contributed by atoms with van der Waals surface area (Å²) in [7, 11) is 1.57. The minimum absolute atomic E-state index is 0.0980. The second-order valence-electron chi connectivity index (χ2n) is 5.65. The average molecular weight is 413 g/mol. The van der Waals surface area contributed by atoms with Crippen LogP contribution in [-0.2, 0) is 4.79 Å². The molecular formula is C20H17BrN2O3. The molecule has 0 unspecified atom stereocenters. The summed E-state index contributed by atoms with van der Waals surface area (Å²) in [5.41, 5.74) is 1.14. The van der Waals surface area contributed by atoms with Gasteiger partial charge in [-0.05, 0) is 59.3 Å². The van der Waals surface area contributed by atoms with Gasteiger partial charge in [-0.15, -0.1) is 0 Å². The summed E-state index contributed by atoms with van der Waals surface area (Å²) in [6, 6.07) is 18.3. The van der Waals surface area contributed by atoms with E-state index >= 15 is 0 Å². The zero-order chi connectivity index (χ0) is 18.5. The van der Waals surface area contributed by atoms with E-state index in [1.54, 1.807) is 31.3 Å². The Bertz CT molecular complexity index is 955. The smallest absolute Gasteiger partial charge is 0.262 e. The Morgan fingerprint density at radius 3 is 2.38 bits per heavy atom. The molecule has 0 saturated carbocycles. The Morgan fingerprint density at radius 2 is 1.65 bits per heavy atom. The van der Waals surface area contributed by atoms with Gasteiger partial charge in [0.1, 0.15) is 5.75 Å². The molecule has 6 heteroatoms. The van der Waals surface area contributed by atoms with Crippen molar-refractivity contribution in [2.75, 3.05) is 19.0 Å². The summed E-state index contributed by atoms with van der Waals surface area (Å²) >= 11 is 3.44. The first-order chi connectivity index (χ1) is 12.5. The van der Waals surface area contributed by atoms with Crippen molar-refractivity contribution >= 4 is 44.2 Å². The van der Waals surface area contributed by atoms with E-state index in [9.17, 15) is 9.59 Å². The van der Waals surface area contributed by atoms with Crippen molar-refractivity contribution in [2.45, 2.75) is 0 Å². The van der Waals surface area contributed by atoms with Crippen LogP contribution in [0.3, 0.4) is 0 Å². The molecule has 0 atom stereocenters. The molecule has 3 rings (SSSR count). The molecular weight excluding hydrogens is 396 g/mol. The van der Waals surface area contributed by atoms with Crippen LogP contribution in [0.1, 0.15) is 10.4 Å². The number of nitrogens with one attached hydrogen (secondary N) is 2. The van der Waals surface area contributed by atoms with Gasteiger partial charge >= 0.3 is 0 Å². The quantitative estimate of drug-likeness (QED) is 0.665. The van der Waals surface area contributed by atoms with Gasteiger partial charge in [-0.1, -0.05) is 28.1 Å². The Kier molecular flexibility index (Phi) is 5.53. The standard InChI is InChI=1S/C20H17BrN2O3/c1-22-20(25)13-3-7-17(8-4-13)23-19(24)12-26-18-9-5-14-10-16(21)6-2-15(14)11-18/h2-11H,12H2,1H3,(H,22,25)(H,23,24). The number of rotatable bonds is 5. The first-order valence-electron chi connectivity index (χ1n) is 7.99. The van der Waals surface area contributed by atoms with E-state index in [1.165, 1.54) is 0 Å². The van der Waals surface area contributed by atoms with Gasteiger partial charge in [0.25, 0.3) is 11.8 Å². The number of fused-ring (bicyclic) bond motifs is 1. The van der Waals surface area contributed by atoms with Crippen molar-refractivity contribution in [2.24, 2.45) is 0 Å². The molecule has 0 saturated heterocycles. The number of amides is 2. The molecule has 0 spiro atoms. The number of hydrogen-bond donors (Lipinski definition) is 2. The Labute approximate surface area is 159 Å². The van der Waals surface area contributed by atoms with E-state index in [4.69, 9.17) is 4.74 Å². The Balaban J connectivity index is 1.58. The molecule has 0 bridgehead atoms. The van der Waals surface area contributed by atoms with E-state index in [-0.39, 0.29) is 18.4 Å². The second kappa shape index (κ2) is 8.01. The molecule has 0 aliphatic rings. The van der Waals surface area contributed by atoms with Crippen LogP contribution in [0.25, 0.3) is 10.8 Å². The van der Waals surface area contributed by atoms with Crippen molar-refractivity contribution < 1.29 is 14.3 Å². The summed E-state index contributed by atoms with van der Waals surface area (Å²) in [6.07, 6.45) is 0. The summed E-state index contributed by atoms with van der Waals surface area (Å²) in [5.74, 6) is 0.188. The highest BCUT2D eigenvalue weighted by atomic mass is 79.9. The van der Waals surface area contributed by atoms with Crippen LogP contribution in [0, 0.1) is 0 Å². The highest BCUT2D eigenvalue weighted by molar-refractivity contribution is 9.10. The SMILES string of the molecule is CNC(=O)c1ccc(NC(=O)COc2ccc3cc(Br)ccc3c2)cc1. The first-order valence-corrected chi connectivity index (χ1v) is 8.78. The van der Waals surface area contributed by atoms with Gasteiger partial charge in [0.05, 0.1) is 0 Å². The molecule has 0 aliphatic carbocycles. The molecule has 0 radical (unpaired) electrons. The van der Waals surface area contributed by atoms with Gasteiger partial charge in [0.15, 0.2) is 6.61 Å². The fourth-order valence-electron chi connectivity index (χ4n) is 2.48. The lowest BCUT2D eigenvalue weighted by atomic mass is 10.1. The zero-order valence-electron chi connectivity index (χ0n) is 14.1. The number of benzene rings is 3. The van der Waals surface area contributed by atoms with Crippen LogP contribution in [0.5, 0.6) is 5.75 Å². The van der Waals surface area contributed by atoms with Crippen molar-refractivity contribution in [3.63, 3.8) is 0 Å². The molecule has 2 N–H and O–H groups in total. The van der Waals surface area contributed by atoms with Crippen molar-refractivity contribution in [3.05, 3.63) is 70.7 Å². The molecule has 0 aromatic heterocycles. The normalized spacial score (nSPS) is 10.4. The average Bonchev–Trinajstić information content (AvgIpc) is 2.66. The third kappa shape index (κ3) is 4.40. The highest BCUT2D eigenvalue weighted by Gasteiger charge is 2.06. The van der Waals surface area contributed by atoms with Crippen LogP contribution >= 0.6 is 15.9 Å². The third-order valence-electron chi connectivity index (χ3n) is 3.80. The summed E-state index contributed by atoms with van der Waals surface area (Å²) in [5, 5.41) is 7.41. The van der Waals surface area contributed by atoms with E-state index < -0.39 is 0 Å². The number of hydrogen-bond acceptors (Lipinski definition) is 3. The van der Waals surface area contributed by atoms with E-state index in [1.807, 2.05) is 36.4 Å². The molecule has 2 amide bonds. The van der Waals surface area contributed by atoms with Gasteiger partial charge < -0.3 is 15.4 Å². The number of carbonyl (C=O) groups excluding carboxylic acids is 2. The van der Waals surface area contributed by atoms with Crippen molar-refractivity contribution in [1.82, 2.24) is 5.32 Å². The number of carbonyl (C=O) groups is 2. The van der Waals surface area contributed by atoms with Crippen molar-refractivity contribution in [1.29, 1.82) is 0 Å². The predicted octanol–water partition coefficient (Wildman–Crippen LogP) is 3.98. The van der Waals surface area contributed by atoms with E-state index in [0.29, 0.717) is 17.0 Å². The lowest BCUT2D eigenvalue weighted by Gasteiger charge is -2.09. The number of anilines is 1. The summed E-state index contributed by atoms with van der Waals surface area (Å²) in [4.78, 5) is 23.5. The fourth-order valence-corrected chi connectivity index (χ4v) is 2.86. The molecule has 0 fully saturated rings. The number of halogens is 1. The minimum Gasteiger partial charge on any atom is -0.484 e. The van der Waals surface area contributed by atoms with Gasteiger partial charge in [-0.25, -0.2) is 0 Å². The molecule has 0 aliphatic heterocycles. The topological polar surface area (TPSA) is 67.4 Å². The van der Waals surface area contributed by atoms with Crippen LogP contribution in [0.4, 0.5) is 5.69 Å². The van der Waals surface area contributed by atoms with E-state index in [0.717, 1.165) is 15.2 Å². The molecule has 26 heavy (non-hydrogen) atoms. The van der Waals surface area contributed by atoms with Crippen LogP contribution in [0.15, 0.2) is 65.1 Å². The van der Waals surface area contributed by atoms with Crippen molar-refractivity contribution in [3.8, 4) is 5.75 Å². The molecule has 3 aromatic rings. The lowest BCUT2D eigenvalue weighted by Crippen LogP contribution is -2.20. The van der Waals surface area contributed by atoms with Gasteiger partial charge in [0.2, 0.25) is 0 Å². The summed E-state index contributed by atoms with van der Waals surface area (Å²) in [6.45, 7) is -0.0980. The van der Waals surface area contributed by atoms with Gasteiger partial charge in [0, 0.05) is 22.8 Å². The van der Waals surface area contributed by atoms with Crippen LogP contribution < -0.4 is 15.4 Å². The second-order valence-corrected chi connectivity index (χ2v) is 6.56. The maximum atomic E-state index is 12.0. The minimum atomic E-state index is -0.270. The van der Waals surface area contributed by atoms with E-state index in [2.05, 4.69) is 26.6 Å². The van der Waals surface area contributed by atoms with Gasteiger partial charge in [-0.3, -0.25) is 9.59 Å². The highest BCUT2D eigenvalue weighted by Crippen LogP contribution is 2.24. The van der Waals surface area contributed by atoms with Crippen LogP contribution in [-0.4, -0.2) is 25.5 Å². The first kappa shape index (κ1) is 17.9. The Morgan fingerprint density at radius 1 is 0.962 bits per heavy atom. The fraction of sp³-hybridized carbons (Fsp3) is 0.100. The third-order valence-corrected chi connectivity index (χ3v) is 4.29.